The standard InChI is InChI=1S/C78H50N4/c1-5-21-55-45-59(35-33-51(55)17-1)77-65-43-41-64(82-75-31-15-11-27-71(75)80(72-28-12-16-32-76(72)82)62-40-38-54-20-4-8-24-58(54)48-62)50-68(65)78(60-36-34-52-18-2-6-22-56(52)46-60)66-44-42-63(49-67(66)77)81-73-29-13-9-25-69(73)79(70-26-10-14-30-74(70)81)61-39-37-53-19-3-7-23-57(53)47-61/h1-50H. The zero-order valence-corrected chi connectivity index (χ0v) is 44.7. The molecule has 15 aromatic rings. The van der Waals surface area contributed by atoms with Crippen LogP contribution in [-0.2, 0) is 0 Å². The van der Waals surface area contributed by atoms with Crippen molar-refractivity contribution in [2.45, 2.75) is 0 Å². The van der Waals surface area contributed by atoms with Crippen LogP contribution in [0.2, 0.25) is 0 Å². The van der Waals surface area contributed by atoms with Crippen LogP contribution in [0.15, 0.2) is 303 Å². The van der Waals surface area contributed by atoms with Gasteiger partial charge in [0, 0.05) is 22.7 Å². The molecule has 4 heteroatoms. The monoisotopic (exact) mass is 1040 g/mol. The third-order valence-electron chi connectivity index (χ3n) is 17.1. The molecular formula is C78H50N4. The molecule has 0 saturated carbocycles. The van der Waals surface area contributed by atoms with Crippen LogP contribution in [0.4, 0.5) is 68.2 Å². The van der Waals surface area contributed by atoms with E-state index in [1.807, 2.05) is 0 Å². The smallest absolute Gasteiger partial charge is 0.0703 e. The molecule has 2 aliphatic rings. The maximum Gasteiger partial charge on any atom is 0.0703 e. The molecule has 2 aliphatic heterocycles. The average Bonchev–Trinajstić information content (AvgIpc) is 3.20. The van der Waals surface area contributed by atoms with E-state index in [4.69, 9.17) is 0 Å². The van der Waals surface area contributed by atoms with E-state index in [0.717, 1.165) is 68.2 Å². The van der Waals surface area contributed by atoms with Gasteiger partial charge in [-0.25, -0.2) is 0 Å². The van der Waals surface area contributed by atoms with E-state index in [-0.39, 0.29) is 0 Å². The summed E-state index contributed by atoms with van der Waals surface area (Å²) in [5.41, 5.74) is 18.1. The summed E-state index contributed by atoms with van der Waals surface area (Å²) in [5.74, 6) is 0. The van der Waals surface area contributed by atoms with Gasteiger partial charge in [-0.3, -0.25) is 0 Å². The van der Waals surface area contributed by atoms with Gasteiger partial charge in [0.15, 0.2) is 0 Å². The van der Waals surface area contributed by atoms with Crippen LogP contribution in [0, 0.1) is 0 Å². The van der Waals surface area contributed by atoms with Crippen LogP contribution in [0.25, 0.3) is 86.9 Å². The van der Waals surface area contributed by atoms with Crippen molar-refractivity contribution >= 4 is 133 Å². The lowest BCUT2D eigenvalue weighted by Gasteiger charge is -2.40. The molecule has 0 spiro atoms. The van der Waals surface area contributed by atoms with Crippen molar-refractivity contribution in [3.63, 3.8) is 0 Å². The Morgan fingerprint density at radius 2 is 0.390 bits per heavy atom. The van der Waals surface area contributed by atoms with E-state index in [9.17, 15) is 0 Å². The predicted octanol–water partition coefficient (Wildman–Crippen LogP) is 22.4. The van der Waals surface area contributed by atoms with Gasteiger partial charge < -0.3 is 19.6 Å². The summed E-state index contributed by atoms with van der Waals surface area (Å²) >= 11 is 0. The fourth-order valence-corrected chi connectivity index (χ4v) is 13.4. The SMILES string of the molecule is c1ccc2c(c1)N(c1ccc3ccccc3c1)c1ccccc1N2c1ccc2c(-c3ccc4ccccc4c3)c3cc(N4c5ccccc5N(c5ccc6ccccc6c5)c5ccccc54)ccc3c(-c3ccc4ccccc4c3)c2c1. The first kappa shape index (κ1) is 46.0. The van der Waals surface area contributed by atoms with Crippen LogP contribution in [-0.4, -0.2) is 0 Å². The summed E-state index contributed by atoms with van der Waals surface area (Å²) in [5, 5.41) is 14.5. The Balaban J connectivity index is 0.921. The number of nitrogens with zero attached hydrogens (tertiary/aromatic N) is 4. The summed E-state index contributed by atoms with van der Waals surface area (Å²) in [4.78, 5) is 9.80. The second-order valence-corrected chi connectivity index (χ2v) is 21.7. The van der Waals surface area contributed by atoms with Crippen molar-refractivity contribution in [1.82, 2.24) is 0 Å². The van der Waals surface area contributed by atoms with Gasteiger partial charge in [-0.15, -0.1) is 0 Å². The molecule has 382 valence electrons. The highest BCUT2D eigenvalue weighted by Crippen LogP contribution is 2.58. The summed E-state index contributed by atoms with van der Waals surface area (Å²) in [6.07, 6.45) is 0. The van der Waals surface area contributed by atoms with E-state index < -0.39 is 0 Å². The summed E-state index contributed by atoms with van der Waals surface area (Å²) in [6, 6.07) is 112. The Hall–Kier alpha value is -10.9. The lowest BCUT2D eigenvalue weighted by atomic mass is 9.84. The molecule has 0 radical (unpaired) electrons. The third-order valence-corrected chi connectivity index (χ3v) is 17.1. The van der Waals surface area contributed by atoms with Crippen molar-refractivity contribution in [3.8, 4) is 22.3 Å². The Labute approximate surface area is 475 Å². The minimum atomic E-state index is 1.09. The summed E-state index contributed by atoms with van der Waals surface area (Å²) in [7, 11) is 0. The Morgan fingerprint density at radius 1 is 0.159 bits per heavy atom. The molecule has 0 fully saturated rings. The molecule has 15 aromatic carbocycles. The van der Waals surface area contributed by atoms with E-state index in [1.54, 1.807) is 0 Å². The minimum Gasteiger partial charge on any atom is -0.306 e. The zero-order valence-electron chi connectivity index (χ0n) is 44.7. The second kappa shape index (κ2) is 18.3. The molecule has 0 N–H and O–H groups in total. The topological polar surface area (TPSA) is 13.0 Å². The van der Waals surface area contributed by atoms with Gasteiger partial charge in [-0.05, 0) is 196 Å². The maximum atomic E-state index is 2.47. The Bertz CT molecular complexity index is 4700. The molecule has 4 nitrogen and oxygen atoms in total. The van der Waals surface area contributed by atoms with Crippen molar-refractivity contribution in [3.05, 3.63) is 303 Å². The van der Waals surface area contributed by atoms with E-state index in [1.165, 1.54) is 86.9 Å². The normalized spacial score (nSPS) is 12.8. The van der Waals surface area contributed by atoms with Crippen molar-refractivity contribution in [1.29, 1.82) is 0 Å². The summed E-state index contributed by atoms with van der Waals surface area (Å²) < 4.78 is 0. The number of fused-ring (bicyclic) bond motifs is 10. The van der Waals surface area contributed by atoms with E-state index >= 15 is 0 Å². The van der Waals surface area contributed by atoms with Crippen LogP contribution < -0.4 is 19.6 Å². The first-order valence-corrected chi connectivity index (χ1v) is 28.2. The van der Waals surface area contributed by atoms with Gasteiger partial charge in [0.1, 0.15) is 0 Å². The first-order chi connectivity index (χ1) is 40.7. The molecule has 17 rings (SSSR count). The van der Waals surface area contributed by atoms with Gasteiger partial charge in [0.05, 0.1) is 45.5 Å². The van der Waals surface area contributed by atoms with Gasteiger partial charge >= 0.3 is 0 Å². The van der Waals surface area contributed by atoms with Crippen molar-refractivity contribution in [2.75, 3.05) is 19.6 Å². The van der Waals surface area contributed by atoms with Gasteiger partial charge in [-0.2, -0.15) is 0 Å². The minimum absolute atomic E-state index is 1.09. The van der Waals surface area contributed by atoms with E-state index in [0.29, 0.717) is 0 Å². The Kier molecular flexibility index (Phi) is 10.3. The predicted molar refractivity (Wildman–Crippen MR) is 348 cm³/mol. The third kappa shape index (κ3) is 7.18. The fourth-order valence-electron chi connectivity index (χ4n) is 13.4. The Morgan fingerprint density at radius 3 is 0.695 bits per heavy atom. The summed E-state index contributed by atoms with van der Waals surface area (Å²) in [6.45, 7) is 0. The molecule has 0 aromatic heterocycles. The zero-order chi connectivity index (χ0) is 53.8. The molecule has 82 heavy (non-hydrogen) atoms. The number of rotatable bonds is 6. The largest absolute Gasteiger partial charge is 0.306 e. The first-order valence-electron chi connectivity index (χ1n) is 28.2. The van der Waals surface area contributed by atoms with Crippen LogP contribution >= 0.6 is 0 Å². The maximum absolute atomic E-state index is 2.47. The highest BCUT2D eigenvalue weighted by atomic mass is 15.3. The number of benzene rings is 15. The number of para-hydroxylation sites is 8. The molecule has 0 atom stereocenters. The van der Waals surface area contributed by atoms with Gasteiger partial charge in [-0.1, -0.05) is 194 Å². The van der Waals surface area contributed by atoms with E-state index in [2.05, 4.69) is 323 Å². The van der Waals surface area contributed by atoms with Crippen molar-refractivity contribution < 1.29 is 0 Å². The lowest BCUT2D eigenvalue weighted by Crippen LogP contribution is -2.24. The van der Waals surface area contributed by atoms with Gasteiger partial charge in [0.25, 0.3) is 0 Å². The van der Waals surface area contributed by atoms with Crippen LogP contribution in [0.1, 0.15) is 0 Å². The van der Waals surface area contributed by atoms with Crippen LogP contribution in [0.5, 0.6) is 0 Å². The highest BCUT2D eigenvalue weighted by molar-refractivity contribution is 6.24. The molecule has 0 saturated heterocycles. The highest BCUT2D eigenvalue weighted by Gasteiger charge is 2.33. The molecule has 0 unspecified atom stereocenters. The van der Waals surface area contributed by atoms with Crippen LogP contribution in [0.3, 0.4) is 0 Å². The lowest BCUT2D eigenvalue weighted by molar-refractivity contribution is 1.17. The number of hydrogen-bond acceptors (Lipinski definition) is 4. The molecular weight excluding hydrogens is 993 g/mol. The van der Waals surface area contributed by atoms with Crippen molar-refractivity contribution in [2.24, 2.45) is 0 Å². The van der Waals surface area contributed by atoms with Gasteiger partial charge in [0.2, 0.25) is 0 Å². The molecule has 0 amide bonds. The second-order valence-electron chi connectivity index (χ2n) is 21.7. The molecule has 0 aliphatic carbocycles. The number of hydrogen-bond donors (Lipinski definition) is 0. The quantitative estimate of drug-likeness (QED) is 0.154. The fraction of sp³-hybridized carbons (Fsp3) is 0. The molecule has 2 heterocycles. The molecule has 0 bridgehead atoms. The number of anilines is 12. The average molecular weight is 1040 g/mol.